The van der Waals surface area contributed by atoms with E-state index in [9.17, 15) is 24.6 Å². The van der Waals surface area contributed by atoms with Gasteiger partial charge in [0.25, 0.3) is 0 Å². The molecule has 1 heterocycles. The van der Waals surface area contributed by atoms with Gasteiger partial charge in [0, 0.05) is 30.0 Å². The van der Waals surface area contributed by atoms with Crippen LogP contribution in [-0.4, -0.2) is 51.7 Å². The average molecular weight is 767 g/mol. The number of rotatable bonds is 10. The third-order valence-electron chi connectivity index (χ3n) is 16.6. The maximum Gasteiger partial charge on any atom is 0.309 e. The number of Topliss-reactive ketones (excluding diaryl/α,β-unsaturated/α-hetero) is 1. The smallest absolute Gasteiger partial charge is 0.309 e. The number of pyridine rings is 1. The molecular weight excluding hydrogens is 700 g/mol. The predicted molar refractivity (Wildman–Crippen MR) is 212 cm³/mol. The van der Waals surface area contributed by atoms with Gasteiger partial charge in [0.1, 0.15) is 6.10 Å². The lowest BCUT2D eigenvalue weighted by Crippen LogP contribution is -2.66. The summed E-state index contributed by atoms with van der Waals surface area (Å²) in [5.74, 6) is -0.0675. The Bertz CT molecular complexity index is 1700. The zero-order chi connectivity index (χ0) is 40.0. The molecule has 1 aromatic heterocycles. The van der Waals surface area contributed by atoms with Crippen LogP contribution < -0.4 is 5.32 Å². The molecule has 0 radical (unpaired) electrons. The molecule has 4 saturated carbocycles. The molecule has 0 saturated heterocycles. The van der Waals surface area contributed by atoms with Crippen molar-refractivity contribution in [3.63, 3.8) is 0 Å². The van der Waals surface area contributed by atoms with Crippen LogP contribution in [0.1, 0.15) is 146 Å². The van der Waals surface area contributed by atoms with Crippen molar-refractivity contribution in [2.24, 2.45) is 56.2 Å². The topological polar surface area (TPSA) is 126 Å². The fourth-order valence-electron chi connectivity index (χ4n) is 13.3. The summed E-state index contributed by atoms with van der Waals surface area (Å²) < 4.78 is 6.17. The summed E-state index contributed by atoms with van der Waals surface area (Å²) >= 11 is 6.13. The van der Waals surface area contributed by atoms with Gasteiger partial charge in [0.15, 0.2) is 5.78 Å². The Morgan fingerprint density at radius 1 is 0.963 bits per heavy atom. The second-order valence-corrected chi connectivity index (χ2v) is 21.4. The van der Waals surface area contributed by atoms with Crippen molar-refractivity contribution in [3.8, 4) is 0 Å². The lowest BCUT2D eigenvalue weighted by Gasteiger charge is -2.72. The van der Waals surface area contributed by atoms with Gasteiger partial charge in [-0.3, -0.25) is 19.4 Å². The number of aliphatic hydroxyl groups is 1. The summed E-state index contributed by atoms with van der Waals surface area (Å²) in [6.45, 7) is 24.1. The number of aliphatic hydroxyl groups excluding tert-OH is 1. The molecule has 5 aliphatic carbocycles. The Labute approximate surface area is 329 Å². The Morgan fingerprint density at radius 2 is 1.65 bits per heavy atom. The quantitative estimate of drug-likeness (QED) is 0.201. The SMILES string of the molecule is CC(C)C1=C2[C@H]3CC[C@@H]4[C@@]5(C)CC[C@H](OC(=O)CC(C)(C)C(=O)O)C(C)(C)C5CC[C@@]4(C)[C@]3(C)CC[C@@]2([C@@H](O)CNC(C)(C)c2ccc(Cl)cn2)CC1=O. The lowest BCUT2D eigenvalue weighted by atomic mass is 9.33. The summed E-state index contributed by atoms with van der Waals surface area (Å²) in [5.41, 5.74) is 0.618. The van der Waals surface area contributed by atoms with E-state index >= 15 is 0 Å². The number of ether oxygens (including phenoxy) is 1. The van der Waals surface area contributed by atoms with E-state index in [1.54, 1.807) is 20.0 Å². The first kappa shape index (κ1) is 41.3. The van der Waals surface area contributed by atoms with Gasteiger partial charge in [0.2, 0.25) is 0 Å². The second-order valence-electron chi connectivity index (χ2n) is 20.9. The molecule has 1 unspecified atom stereocenters. The maximum absolute atomic E-state index is 14.1. The molecule has 9 heteroatoms. The Hall–Kier alpha value is -2.29. The van der Waals surface area contributed by atoms with Crippen LogP contribution >= 0.6 is 11.6 Å². The number of carbonyl (C=O) groups is 3. The van der Waals surface area contributed by atoms with E-state index < -0.39 is 34.4 Å². The molecule has 0 bridgehead atoms. The first-order valence-corrected chi connectivity index (χ1v) is 21.0. The summed E-state index contributed by atoms with van der Waals surface area (Å²) in [4.78, 5) is 43.6. The molecule has 0 aromatic carbocycles. The number of carbonyl (C=O) groups excluding carboxylic acids is 2. The molecule has 0 spiro atoms. The Morgan fingerprint density at radius 3 is 2.26 bits per heavy atom. The first-order valence-electron chi connectivity index (χ1n) is 20.6. The summed E-state index contributed by atoms with van der Waals surface area (Å²) in [7, 11) is 0. The highest BCUT2D eigenvalue weighted by molar-refractivity contribution is 6.30. The number of nitrogens with zero attached hydrogens (tertiary/aromatic N) is 1. The van der Waals surface area contributed by atoms with Crippen LogP contribution in [0, 0.1) is 56.2 Å². The van der Waals surface area contributed by atoms with Gasteiger partial charge in [0.05, 0.1) is 34.2 Å². The molecule has 0 amide bonds. The number of allylic oxidation sites excluding steroid dienone is 1. The van der Waals surface area contributed by atoms with Crippen LogP contribution in [0.4, 0.5) is 0 Å². The Kier molecular flexibility index (Phi) is 10.5. The second kappa shape index (κ2) is 13.7. The number of carboxylic acids is 1. The predicted octanol–water partition coefficient (Wildman–Crippen LogP) is 9.31. The van der Waals surface area contributed by atoms with E-state index in [4.69, 9.17) is 16.3 Å². The van der Waals surface area contributed by atoms with Crippen LogP contribution in [-0.2, 0) is 24.7 Å². The molecule has 6 rings (SSSR count). The number of ketones is 1. The number of fused-ring (bicyclic) bond motifs is 7. The largest absolute Gasteiger partial charge is 0.481 e. The lowest BCUT2D eigenvalue weighted by molar-refractivity contribution is -0.235. The van der Waals surface area contributed by atoms with Gasteiger partial charge in [-0.25, -0.2) is 0 Å². The van der Waals surface area contributed by atoms with E-state index in [1.165, 1.54) is 5.57 Å². The van der Waals surface area contributed by atoms with Gasteiger partial charge >= 0.3 is 11.9 Å². The van der Waals surface area contributed by atoms with E-state index in [-0.39, 0.29) is 51.8 Å². The van der Waals surface area contributed by atoms with Crippen molar-refractivity contribution >= 4 is 29.3 Å². The highest BCUT2D eigenvalue weighted by Gasteiger charge is 2.70. The minimum absolute atomic E-state index is 0.0323. The van der Waals surface area contributed by atoms with Crippen LogP contribution in [0.3, 0.4) is 0 Å². The van der Waals surface area contributed by atoms with Crippen molar-refractivity contribution in [1.29, 1.82) is 0 Å². The van der Waals surface area contributed by atoms with E-state index in [0.29, 0.717) is 29.8 Å². The molecule has 300 valence electrons. The number of carboxylic acid groups (broad SMARTS) is 1. The van der Waals surface area contributed by atoms with Crippen LogP contribution in [0.2, 0.25) is 5.02 Å². The molecule has 8 nitrogen and oxygen atoms in total. The van der Waals surface area contributed by atoms with E-state index in [2.05, 4.69) is 72.6 Å². The fraction of sp³-hybridized carbons (Fsp3) is 0.778. The van der Waals surface area contributed by atoms with Gasteiger partial charge in [-0.1, -0.05) is 65.6 Å². The minimum atomic E-state index is -1.17. The maximum atomic E-state index is 14.1. The van der Waals surface area contributed by atoms with Crippen molar-refractivity contribution in [2.75, 3.05) is 6.54 Å². The number of aliphatic carboxylic acids is 1. The van der Waals surface area contributed by atoms with Crippen LogP contribution in [0.25, 0.3) is 0 Å². The van der Waals surface area contributed by atoms with Crippen molar-refractivity contribution < 1.29 is 29.3 Å². The number of esters is 1. The van der Waals surface area contributed by atoms with Crippen LogP contribution in [0.5, 0.6) is 0 Å². The highest BCUT2D eigenvalue weighted by Crippen LogP contribution is 2.77. The molecule has 0 aliphatic heterocycles. The van der Waals surface area contributed by atoms with E-state index in [0.717, 1.165) is 62.6 Å². The summed E-state index contributed by atoms with van der Waals surface area (Å²) in [6, 6.07) is 3.76. The van der Waals surface area contributed by atoms with Crippen molar-refractivity contribution in [2.45, 2.75) is 158 Å². The number of aromatic nitrogens is 1. The summed E-state index contributed by atoms with van der Waals surface area (Å²) in [6.07, 6.45) is 8.59. The highest BCUT2D eigenvalue weighted by atomic mass is 35.5. The van der Waals surface area contributed by atoms with Gasteiger partial charge in [-0.2, -0.15) is 0 Å². The normalized spacial score (nSPS) is 36.9. The van der Waals surface area contributed by atoms with Gasteiger partial charge in [-0.05, 0) is 137 Å². The standard InChI is InChI=1S/C45H67ClN2O6/c1-26(2)36-29(49)22-45(33(50)25-48-41(7,8)32-15-12-27(46)24-47-32)21-20-43(10)28(37(36)45)13-14-31-42(9)18-17-34(54-35(51)23-39(3,4)38(52)53)40(5,6)30(42)16-19-44(31,43)11/h12,15,24,26,28,30-31,33-34,48,50H,13-14,16-23,25H2,1-11H3,(H,52,53)/t28-,30?,31-,33+,34+,42+,43-,44-,45+/m1/s1. The molecule has 1 aromatic rings. The third-order valence-corrected chi connectivity index (χ3v) is 16.8. The molecule has 9 atom stereocenters. The molecule has 4 fully saturated rings. The van der Waals surface area contributed by atoms with Crippen molar-refractivity contribution in [3.05, 3.63) is 40.2 Å². The zero-order valence-electron chi connectivity index (χ0n) is 34.8. The molecule has 5 aliphatic rings. The van der Waals surface area contributed by atoms with Gasteiger partial charge < -0.3 is 20.3 Å². The average Bonchev–Trinajstić information content (AvgIpc) is 3.38. The third kappa shape index (κ3) is 6.31. The summed E-state index contributed by atoms with van der Waals surface area (Å²) in [5, 5.41) is 26.2. The number of nitrogens with one attached hydrogen (secondary N) is 1. The van der Waals surface area contributed by atoms with E-state index in [1.807, 2.05) is 12.1 Å². The number of halogens is 1. The monoisotopic (exact) mass is 766 g/mol. The molecule has 3 N–H and O–H groups in total. The molecular formula is C45H67ClN2O6. The Balaban J connectivity index is 1.27. The first-order chi connectivity index (χ1) is 24.9. The number of hydrogen-bond donors (Lipinski definition) is 3. The minimum Gasteiger partial charge on any atom is -0.481 e. The molecule has 54 heavy (non-hydrogen) atoms. The zero-order valence-corrected chi connectivity index (χ0v) is 35.6. The van der Waals surface area contributed by atoms with Gasteiger partial charge in [-0.15, -0.1) is 0 Å². The van der Waals surface area contributed by atoms with Crippen LogP contribution in [0.15, 0.2) is 29.5 Å². The fourth-order valence-corrected chi connectivity index (χ4v) is 13.4. The van der Waals surface area contributed by atoms with Crippen molar-refractivity contribution in [1.82, 2.24) is 10.3 Å². The number of hydrogen-bond acceptors (Lipinski definition) is 7.